The fraction of sp³-hybridized carbons (Fsp3) is 0.524. The third-order valence-electron chi connectivity index (χ3n) is 5.18. The van der Waals surface area contributed by atoms with Gasteiger partial charge in [0.05, 0.1) is 0 Å². The van der Waals surface area contributed by atoms with Crippen molar-refractivity contribution < 1.29 is 23.9 Å². The van der Waals surface area contributed by atoms with Gasteiger partial charge in [-0.05, 0) is 26.2 Å². The van der Waals surface area contributed by atoms with Crippen LogP contribution in [-0.4, -0.2) is 46.8 Å². The van der Waals surface area contributed by atoms with Gasteiger partial charge in [-0.25, -0.2) is 4.79 Å². The number of unbranched alkanes of at least 4 members (excludes halogenated alkanes) is 1. The van der Waals surface area contributed by atoms with E-state index in [1.165, 1.54) is 0 Å². The zero-order chi connectivity index (χ0) is 21.0. The summed E-state index contributed by atoms with van der Waals surface area (Å²) in [7, 11) is 0. The van der Waals surface area contributed by atoms with Gasteiger partial charge in [-0.15, -0.1) is 0 Å². The molecule has 156 valence electrons. The summed E-state index contributed by atoms with van der Waals surface area (Å²) in [4.78, 5) is 50.9. The molecule has 4 amide bonds. The summed E-state index contributed by atoms with van der Waals surface area (Å²) in [6.45, 7) is 3.12. The number of amides is 4. The van der Waals surface area contributed by atoms with Crippen LogP contribution in [0.1, 0.15) is 57.6 Å². The lowest BCUT2D eigenvalue weighted by molar-refractivity contribution is -0.158. The fourth-order valence-electron chi connectivity index (χ4n) is 3.29. The molecule has 0 aromatic heterocycles. The van der Waals surface area contributed by atoms with E-state index in [-0.39, 0.29) is 6.04 Å². The zero-order valence-corrected chi connectivity index (χ0v) is 16.8. The lowest BCUT2D eigenvalue weighted by atomic mass is 9.95. The van der Waals surface area contributed by atoms with E-state index >= 15 is 0 Å². The average Bonchev–Trinajstić information content (AvgIpc) is 3.49. The molecule has 2 aliphatic rings. The summed E-state index contributed by atoms with van der Waals surface area (Å²) in [5.74, 6) is -1.67. The molecule has 1 aliphatic heterocycles. The van der Waals surface area contributed by atoms with Gasteiger partial charge in [0.25, 0.3) is 11.8 Å². The van der Waals surface area contributed by atoms with Crippen molar-refractivity contribution in [3.63, 3.8) is 0 Å². The second-order valence-corrected chi connectivity index (χ2v) is 7.82. The van der Waals surface area contributed by atoms with E-state index in [0.29, 0.717) is 12.0 Å². The van der Waals surface area contributed by atoms with Crippen LogP contribution < -0.4 is 10.6 Å². The lowest BCUT2D eigenvalue weighted by Crippen LogP contribution is -2.44. The summed E-state index contributed by atoms with van der Waals surface area (Å²) >= 11 is 0. The molecule has 2 fully saturated rings. The van der Waals surface area contributed by atoms with E-state index in [1.54, 1.807) is 37.3 Å². The number of imide groups is 1. The summed E-state index contributed by atoms with van der Waals surface area (Å²) in [5, 5.41) is 5.49. The maximum absolute atomic E-state index is 12.7. The molecule has 29 heavy (non-hydrogen) atoms. The first-order valence-electron chi connectivity index (χ1n) is 10.0. The maximum Gasteiger partial charge on any atom is 0.327 e. The highest BCUT2D eigenvalue weighted by atomic mass is 16.5. The highest BCUT2D eigenvalue weighted by molar-refractivity contribution is 6.08. The third kappa shape index (κ3) is 4.93. The van der Waals surface area contributed by atoms with Crippen molar-refractivity contribution in [2.45, 2.75) is 63.6 Å². The molecule has 1 saturated carbocycles. The number of esters is 1. The van der Waals surface area contributed by atoms with E-state index in [0.717, 1.165) is 30.6 Å². The Morgan fingerprint density at radius 3 is 2.59 bits per heavy atom. The number of urea groups is 1. The van der Waals surface area contributed by atoms with E-state index in [1.807, 2.05) is 6.92 Å². The van der Waals surface area contributed by atoms with Crippen LogP contribution in [0.2, 0.25) is 0 Å². The Hall–Kier alpha value is -2.90. The largest absolute Gasteiger partial charge is 0.446 e. The summed E-state index contributed by atoms with van der Waals surface area (Å²) in [6, 6.07) is 8.17. The second-order valence-electron chi connectivity index (χ2n) is 7.82. The van der Waals surface area contributed by atoms with Crippen molar-refractivity contribution in [3.8, 4) is 0 Å². The van der Waals surface area contributed by atoms with Gasteiger partial charge in [0.15, 0.2) is 0 Å². The van der Waals surface area contributed by atoms with E-state index < -0.39 is 42.0 Å². The Bertz CT molecular complexity index is 793. The van der Waals surface area contributed by atoms with Gasteiger partial charge in [-0.1, -0.05) is 50.1 Å². The summed E-state index contributed by atoms with van der Waals surface area (Å²) in [5.41, 5.74) is -0.487. The number of hydrogen-bond donors (Lipinski definition) is 2. The van der Waals surface area contributed by atoms with Crippen LogP contribution in [0.25, 0.3) is 0 Å². The van der Waals surface area contributed by atoms with Gasteiger partial charge in [-0.3, -0.25) is 19.3 Å². The van der Waals surface area contributed by atoms with Crippen LogP contribution in [-0.2, 0) is 19.1 Å². The van der Waals surface area contributed by atoms with E-state index in [9.17, 15) is 19.2 Å². The predicted molar refractivity (Wildman–Crippen MR) is 105 cm³/mol. The average molecular weight is 401 g/mol. The van der Waals surface area contributed by atoms with Crippen LogP contribution in [0.15, 0.2) is 30.3 Å². The molecule has 1 aromatic rings. The van der Waals surface area contributed by atoms with Crippen molar-refractivity contribution >= 4 is 23.8 Å². The summed E-state index contributed by atoms with van der Waals surface area (Å²) < 4.78 is 5.41. The van der Waals surface area contributed by atoms with Crippen molar-refractivity contribution in [1.29, 1.82) is 0 Å². The molecule has 1 aliphatic carbocycles. The molecular formula is C21H27N3O5. The van der Waals surface area contributed by atoms with Crippen molar-refractivity contribution in [2.24, 2.45) is 0 Å². The first-order chi connectivity index (χ1) is 13.8. The smallest absolute Gasteiger partial charge is 0.327 e. The van der Waals surface area contributed by atoms with Crippen LogP contribution in [0.3, 0.4) is 0 Å². The first kappa shape index (κ1) is 20.8. The number of rotatable bonds is 9. The van der Waals surface area contributed by atoms with Gasteiger partial charge in [-0.2, -0.15) is 0 Å². The molecule has 3 rings (SSSR count). The van der Waals surface area contributed by atoms with E-state index in [4.69, 9.17) is 4.74 Å². The monoisotopic (exact) mass is 401 g/mol. The predicted octanol–water partition coefficient (Wildman–Crippen LogP) is 2.05. The van der Waals surface area contributed by atoms with E-state index in [2.05, 4.69) is 10.6 Å². The van der Waals surface area contributed by atoms with Gasteiger partial charge in [0, 0.05) is 11.6 Å². The number of carbonyl (C=O) groups is 4. The molecule has 0 unspecified atom stereocenters. The maximum atomic E-state index is 12.7. The highest BCUT2D eigenvalue weighted by Crippen LogP contribution is 2.25. The first-order valence-corrected chi connectivity index (χ1v) is 10.0. The molecule has 2 atom stereocenters. The lowest BCUT2D eigenvalue weighted by Gasteiger charge is -2.22. The second kappa shape index (κ2) is 8.63. The molecule has 1 heterocycles. The highest BCUT2D eigenvalue weighted by Gasteiger charge is 2.48. The molecule has 0 bridgehead atoms. The zero-order valence-electron chi connectivity index (χ0n) is 16.8. The number of carbonyl (C=O) groups excluding carboxylic acids is 4. The van der Waals surface area contributed by atoms with Gasteiger partial charge in [0.2, 0.25) is 6.10 Å². The van der Waals surface area contributed by atoms with Crippen molar-refractivity contribution in [3.05, 3.63) is 35.9 Å². The molecule has 0 radical (unpaired) electrons. The molecule has 2 N–H and O–H groups in total. The van der Waals surface area contributed by atoms with Gasteiger partial charge < -0.3 is 15.4 Å². The Kier molecular flexibility index (Phi) is 6.20. The minimum absolute atomic E-state index is 0.109. The number of nitrogens with zero attached hydrogens (tertiary/aromatic N) is 1. The van der Waals surface area contributed by atoms with Crippen LogP contribution in [0.4, 0.5) is 4.79 Å². The molecule has 0 spiro atoms. The van der Waals surface area contributed by atoms with Crippen LogP contribution >= 0.6 is 0 Å². The molecule has 1 saturated heterocycles. The van der Waals surface area contributed by atoms with Crippen molar-refractivity contribution in [1.82, 2.24) is 15.5 Å². The SMILES string of the molecule is CCCC[C@]1(C)NC(=O)N(CC(=O)O[C@@H](C(=O)NC2CC2)c2ccccc2)C1=O. The van der Waals surface area contributed by atoms with Gasteiger partial charge in [0.1, 0.15) is 12.1 Å². The standard InChI is InChI=1S/C21H27N3O5/c1-3-4-12-21(2)19(27)24(20(28)23-21)13-16(25)29-17(14-8-6-5-7-9-14)18(26)22-15-10-11-15/h5-9,15,17H,3-4,10-13H2,1-2H3,(H,22,26)(H,23,28)/t17-,21+/m1/s1. The van der Waals surface area contributed by atoms with Gasteiger partial charge >= 0.3 is 12.0 Å². The summed E-state index contributed by atoms with van der Waals surface area (Å²) in [6.07, 6.45) is 2.83. The molecule has 8 nitrogen and oxygen atoms in total. The quantitative estimate of drug-likeness (QED) is 0.487. The Balaban J connectivity index is 1.67. The molecule has 8 heteroatoms. The number of ether oxygens (including phenoxy) is 1. The normalized spacial score (nSPS) is 22.2. The van der Waals surface area contributed by atoms with Crippen LogP contribution in [0.5, 0.6) is 0 Å². The fourth-order valence-corrected chi connectivity index (χ4v) is 3.29. The Morgan fingerprint density at radius 1 is 1.28 bits per heavy atom. The minimum atomic E-state index is -1.13. The molecule has 1 aromatic carbocycles. The number of hydrogen-bond acceptors (Lipinski definition) is 5. The minimum Gasteiger partial charge on any atom is -0.446 e. The topological polar surface area (TPSA) is 105 Å². The number of benzene rings is 1. The third-order valence-corrected chi connectivity index (χ3v) is 5.18. The Labute approximate surface area is 170 Å². The van der Waals surface area contributed by atoms with Crippen LogP contribution in [0, 0.1) is 0 Å². The van der Waals surface area contributed by atoms with Crippen molar-refractivity contribution in [2.75, 3.05) is 6.54 Å². The molecular weight excluding hydrogens is 374 g/mol. The number of nitrogens with one attached hydrogen (secondary N) is 2. The Morgan fingerprint density at radius 2 is 1.97 bits per heavy atom.